The number of allylic oxidation sites excluding steroid dienone is 1. The van der Waals surface area contributed by atoms with Crippen LogP contribution in [0.4, 0.5) is 4.79 Å². The molecule has 0 radical (unpaired) electrons. The van der Waals surface area contributed by atoms with Crippen molar-refractivity contribution >= 4 is 17.6 Å². The topological polar surface area (TPSA) is 71.0 Å². The van der Waals surface area contributed by atoms with Crippen molar-refractivity contribution in [2.75, 3.05) is 13.1 Å². The summed E-state index contributed by atoms with van der Waals surface area (Å²) in [6.07, 6.45) is 13.9. The summed E-state index contributed by atoms with van der Waals surface area (Å²) in [5.41, 5.74) is 2.88. The van der Waals surface area contributed by atoms with Crippen LogP contribution in [0.1, 0.15) is 112 Å². The van der Waals surface area contributed by atoms with E-state index in [1.54, 1.807) is 0 Å². The van der Waals surface area contributed by atoms with E-state index >= 15 is 0 Å². The van der Waals surface area contributed by atoms with E-state index in [4.69, 9.17) is 4.84 Å². The standard InChI is InChI=1S/C32H51N3O3/c1-21(34-38-29(37)35(23-8-7-9-23)19-18-33-30(2,3)4)26-12-13-27-25-11-10-22-20-24(36)14-16-31(22,5)28(25)15-17-32(26,27)6/h20,23,25-28,33H,7-19H2,1-6H3/b34-21+/t25-,26+,27-,28-,31-,32+/m0/s1. The van der Waals surface area contributed by atoms with Gasteiger partial charge in [0.15, 0.2) is 5.78 Å². The summed E-state index contributed by atoms with van der Waals surface area (Å²) in [5, 5.41) is 8.01. The van der Waals surface area contributed by atoms with Gasteiger partial charge in [0.25, 0.3) is 0 Å². The first-order chi connectivity index (χ1) is 17.9. The van der Waals surface area contributed by atoms with Crippen LogP contribution in [0, 0.1) is 34.5 Å². The number of fused-ring (bicyclic) bond motifs is 5. The van der Waals surface area contributed by atoms with E-state index in [2.05, 4.69) is 52.0 Å². The van der Waals surface area contributed by atoms with Crippen molar-refractivity contribution in [2.24, 2.45) is 39.7 Å². The van der Waals surface area contributed by atoms with Crippen LogP contribution in [0.15, 0.2) is 16.8 Å². The lowest BCUT2D eigenvalue weighted by Gasteiger charge is -2.58. The summed E-state index contributed by atoms with van der Waals surface area (Å²) in [7, 11) is 0. The molecule has 1 N–H and O–H groups in total. The molecule has 0 heterocycles. The van der Waals surface area contributed by atoms with Gasteiger partial charge in [0.05, 0.1) is 5.71 Å². The second-order valence-electron chi connectivity index (χ2n) is 14.7. The molecule has 38 heavy (non-hydrogen) atoms. The second-order valence-corrected chi connectivity index (χ2v) is 14.7. The molecule has 0 aromatic heterocycles. The zero-order valence-electron chi connectivity index (χ0n) is 24.8. The smallest absolute Gasteiger partial charge is 0.310 e. The van der Waals surface area contributed by atoms with Gasteiger partial charge in [-0.05, 0) is 127 Å². The lowest BCUT2D eigenvalue weighted by molar-refractivity contribution is -0.117. The molecule has 0 spiro atoms. The number of nitrogens with zero attached hydrogens (tertiary/aromatic N) is 2. The third-order valence-electron chi connectivity index (χ3n) is 11.5. The number of rotatable bonds is 6. The molecular weight excluding hydrogens is 474 g/mol. The lowest BCUT2D eigenvalue weighted by atomic mass is 9.46. The normalized spacial score (nSPS) is 37.5. The van der Waals surface area contributed by atoms with Crippen LogP contribution >= 0.6 is 0 Å². The van der Waals surface area contributed by atoms with Gasteiger partial charge in [0.1, 0.15) is 0 Å². The van der Waals surface area contributed by atoms with Gasteiger partial charge in [-0.2, -0.15) is 0 Å². The molecule has 212 valence electrons. The molecule has 5 aliphatic rings. The first kappa shape index (κ1) is 27.9. The van der Waals surface area contributed by atoms with Crippen LogP contribution in [0.25, 0.3) is 0 Å². The predicted molar refractivity (Wildman–Crippen MR) is 152 cm³/mol. The zero-order chi connectivity index (χ0) is 27.3. The molecule has 1 amide bonds. The van der Waals surface area contributed by atoms with E-state index in [0.29, 0.717) is 30.1 Å². The number of nitrogens with one attached hydrogen (secondary N) is 1. The van der Waals surface area contributed by atoms with Gasteiger partial charge in [-0.1, -0.05) is 24.6 Å². The maximum atomic E-state index is 13.1. The van der Waals surface area contributed by atoms with Crippen LogP contribution < -0.4 is 5.32 Å². The van der Waals surface area contributed by atoms with E-state index in [1.165, 1.54) is 37.7 Å². The largest absolute Gasteiger partial charge is 0.436 e. The molecule has 5 rings (SSSR count). The Bertz CT molecular complexity index is 992. The average Bonchev–Trinajstić information content (AvgIpc) is 3.17. The fourth-order valence-electron chi connectivity index (χ4n) is 9.15. The highest BCUT2D eigenvalue weighted by atomic mass is 16.7. The summed E-state index contributed by atoms with van der Waals surface area (Å²) in [5.74, 6) is 2.83. The number of carbonyl (C=O) groups is 2. The highest BCUT2D eigenvalue weighted by Gasteiger charge is 2.59. The Morgan fingerprint density at radius 2 is 1.84 bits per heavy atom. The third kappa shape index (κ3) is 5.11. The maximum Gasteiger partial charge on any atom is 0.436 e. The highest BCUT2D eigenvalue weighted by molar-refractivity contribution is 5.91. The first-order valence-electron chi connectivity index (χ1n) is 15.4. The van der Waals surface area contributed by atoms with Crippen LogP contribution in [0.5, 0.6) is 0 Å². The molecule has 0 bridgehead atoms. The molecule has 4 fully saturated rings. The molecule has 0 aromatic carbocycles. The molecule has 4 saturated carbocycles. The molecule has 6 atom stereocenters. The fraction of sp³-hybridized carbons (Fsp3) is 0.844. The summed E-state index contributed by atoms with van der Waals surface area (Å²) >= 11 is 0. The highest BCUT2D eigenvalue weighted by Crippen LogP contribution is 2.66. The van der Waals surface area contributed by atoms with E-state index in [-0.39, 0.29) is 28.5 Å². The number of carbonyl (C=O) groups excluding carboxylic acids is 2. The molecule has 0 saturated heterocycles. The van der Waals surface area contributed by atoms with Crippen molar-refractivity contribution in [1.29, 1.82) is 0 Å². The Kier molecular flexibility index (Phi) is 7.60. The molecule has 5 aliphatic carbocycles. The third-order valence-corrected chi connectivity index (χ3v) is 11.5. The number of oxime groups is 1. The minimum absolute atomic E-state index is 0.0272. The number of amides is 1. The van der Waals surface area contributed by atoms with E-state index in [9.17, 15) is 9.59 Å². The number of hydrogen-bond acceptors (Lipinski definition) is 5. The minimum atomic E-state index is -0.292. The van der Waals surface area contributed by atoms with Crippen molar-refractivity contribution in [3.05, 3.63) is 11.6 Å². The van der Waals surface area contributed by atoms with Crippen molar-refractivity contribution in [1.82, 2.24) is 10.2 Å². The Labute approximate surface area is 230 Å². The van der Waals surface area contributed by atoms with Gasteiger partial charge in [-0.25, -0.2) is 4.79 Å². The summed E-state index contributed by atoms with van der Waals surface area (Å²) < 4.78 is 0. The van der Waals surface area contributed by atoms with Gasteiger partial charge < -0.3 is 10.2 Å². The first-order valence-corrected chi connectivity index (χ1v) is 15.4. The van der Waals surface area contributed by atoms with Crippen molar-refractivity contribution < 1.29 is 14.4 Å². The van der Waals surface area contributed by atoms with Crippen molar-refractivity contribution in [3.63, 3.8) is 0 Å². The fourth-order valence-corrected chi connectivity index (χ4v) is 9.15. The van der Waals surface area contributed by atoms with Crippen molar-refractivity contribution in [2.45, 2.75) is 124 Å². The maximum absolute atomic E-state index is 13.1. The number of hydrogen-bond donors (Lipinski definition) is 1. The lowest BCUT2D eigenvalue weighted by Crippen LogP contribution is -2.51. The van der Waals surface area contributed by atoms with E-state index in [1.807, 2.05) is 11.0 Å². The van der Waals surface area contributed by atoms with Gasteiger partial charge in [0.2, 0.25) is 0 Å². The monoisotopic (exact) mass is 525 g/mol. The van der Waals surface area contributed by atoms with Crippen LogP contribution in [0.2, 0.25) is 0 Å². The predicted octanol–water partition coefficient (Wildman–Crippen LogP) is 6.89. The minimum Gasteiger partial charge on any atom is -0.310 e. The van der Waals surface area contributed by atoms with Gasteiger partial charge >= 0.3 is 6.09 Å². The quantitative estimate of drug-likeness (QED) is 0.233. The van der Waals surface area contributed by atoms with Crippen LogP contribution in [-0.4, -0.2) is 47.2 Å². The summed E-state index contributed by atoms with van der Waals surface area (Å²) in [6, 6.07) is 0.283. The Morgan fingerprint density at radius 3 is 2.53 bits per heavy atom. The molecule has 0 unspecified atom stereocenters. The Hall–Kier alpha value is -1.69. The van der Waals surface area contributed by atoms with Crippen LogP contribution in [-0.2, 0) is 9.63 Å². The molecule has 6 nitrogen and oxygen atoms in total. The zero-order valence-corrected chi connectivity index (χ0v) is 24.8. The van der Waals surface area contributed by atoms with Crippen LogP contribution in [0.3, 0.4) is 0 Å². The van der Waals surface area contributed by atoms with E-state index in [0.717, 1.165) is 56.7 Å². The average molecular weight is 526 g/mol. The summed E-state index contributed by atoms with van der Waals surface area (Å²) in [4.78, 5) is 32.8. The molecule has 0 aliphatic heterocycles. The summed E-state index contributed by atoms with van der Waals surface area (Å²) in [6.45, 7) is 14.9. The van der Waals surface area contributed by atoms with Crippen molar-refractivity contribution in [3.8, 4) is 0 Å². The molecule has 0 aromatic rings. The van der Waals surface area contributed by atoms with Gasteiger partial charge in [-0.15, -0.1) is 0 Å². The van der Waals surface area contributed by atoms with E-state index < -0.39 is 0 Å². The Morgan fingerprint density at radius 1 is 1.08 bits per heavy atom. The van der Waals surface area contributed by atoms with Gasteiger partial charge in [0, 0.05) is 37.0 Å². The molecule has 6 heteroatoms. The van der Waals surface area contributed by atoms with Gasteiger partial charge in [-0.3, -0.25) is 9.63 Å². The molecular formula is C32H51N3O3. The second kappa shape index (κ2) is 10.4. The number of ketones is 1. The Balaban J connectivity index is 1.24. The SMILES string of the molecule is C/C(=N\OC(=O)N(CCNC(C)(C)C)C1CCC1)[C@H]1CC[C@H]2[C@@H]3CCC4=CC(=O)CC[C@]4(C)[C@H]3CC[C@]12C.